The van der Waals surface area contributed by atoms with Crippen LogP contribution in [0.25, 0.3) is 0 Å². The van der Waals surface area contributed by atoms with Gasteiger partial charge in [0.05, 0.1) is 15.3 Å². The first-order chi connectivity index (χ1) is 5.20. The Bertz CT molecular complexity index is 116. The fourth-order valence-corrected chi connectivity index (χ4v) is 0. The van der Waals surface area contributed by atoms with E-state index in [2.05, 4.69) is 0 Å². The molecular weight excluding hydrogens is 503 g/mol. The molecule has 0 atom stereocenters. The molecule has 0 aliphatic rings. The van der Waals surface area contributed by atoms with Gasteiger partial charge in [0.25, 0.3) is 0 Å². The predicted octanol–water partition coefficient (Wildman–Crippen LogP) is -8.14. The van der Waals surface area contributed by atoms with Crippen LogP contribution in [0.4, 0.5) is 0 Å². The molecule has 0 amide bonds. The molecule has 18 N–H and O–H groups in total. The standard InChI is InChI=1S/3NO3.9H2O.Yb/c3*2-1(3)4;;;;;;;;;;/h;;;9*1H2;/q3*-1;;;;;;;;;;+3. The van der Waals surface area contributed by atoms with E-state index >= 15 is 0 Å². The fourth-order valence-electron chi connectivity index (χ4n) is 0. The zero-order chi connectivity index (χ0) is 10.7. The maximum Gasteiger partial charge on any atom is 3.00 e. The summed E-state index contributed by atoms with van der Waals surface area (Å²) in [5.41, 5.74) is 0. The number of rotatable bonds is 0. The van der Waals surface area contributed by atoms with Gasteiger partial charge in [-0.1, -0.05) is 0 Å². The van der Waals surface area contributed by atoms with Crippen molar-refractivity contribution in [2.75, 3.05) is 0 Å². The van der Waals surface area contributed by atoms with Crippen molar-refractivity contribution in [2.45, 2.75) is 0 Å². The van der Waals surface area contributed by atoms with E-state index in [0.717, 1.165) is 0 Å². The van der Waals surface area contributed by atoms with E-state index in [1.807, 2.05) is 0 Å². The Kier molecular flexibility index (Phi) is 707. The summed E-state index contributed by atoms with van der Waals surface area (Å²) in [5.74, 6) is 0. The van der Waals surface area contributed by atoms with Crippen LogP contribution in [-0.4, -0.2) is 64.5 Å². The number of nitrogens with zero attached hydrogens (tertiary/aromatic N) is 3. The van der Waals surface area contributed by atoms with Gasteiger partial charge in [0.15, 0.2) is 0 Å². The van der Waals surface area contributed by atoms with Crippen molar-refractivity contribution in [1.82, 2.24) is 0 Å². The number of hydrogen-bond acceptors (Lipinski definition) is 9. The molecule has 0 saturated carbocycles. The van der Waals surface area contributed by atoms with E-state index in [4.69, 9.17) is 46.0 Å². The minimum Gasteiger partial charge on any atom is -0.412 e. The van der Waals surface area contributed by atoms with Gasteiger partial charge < -0.3 is 95.3 Å². The first kappa shape index (κ1) is 135. The summed E-state index contributed by atoms with van der Waals surface area (Å²) in [6.45, 7) is 0. The van der Waals surface area contributed by atoms with Crippen LogP contribution in [0.1, 0.15) is 0 Å². The van der Waals surface area contributed by atoms with Crippen molar-refractivity contribution >= 4 is 0 Å². The second-order valence-electron chi connectivity index (χ2n) is 0.671. The Balaban J connectivity index is -0.00000000409. The van der Waals surface area contributed by atoms with Crippen LogP contribution < -0.4 is 0 Å². The third kappa shape index (κ3) is 3840. The topological polar surface area (TPSA) is 482 Å². The van der Waals surface area contributed by atoms with E-state index in [1.165, 1.54) is 0 Å². The Labute approximate surface area is 157 Å². The van der Waals surface area contributed by atoms with E-state index < -0.39 is 15.3 Å². The van der Waals surface area contributed by atoms with Gasteiger partial charge >= 0.3 is 46.9 Å². The van der Waals surface area contributed by atoms with Crippen molar-refractivity contribution in [3.05, 3.63) is 46.0 Å². The average molecular weight is 521 g/mol. The van der Waals surface area contributed by atoms with Crippen LogP contribution in [0.5, 0.6) is 0 Å². The van der Waals surface area contributed by atoms with Crippen molar-refractivity contribution in [3.63, 3.8) is 0 Å². The van der Waals surface area contributed by atoms with Crippen molar-refractivity contribution in [2.24, 2.45) is 0 Å². The van der Waals surface area contributed by atoms with Crippen LogP contribution in [-0.2, 0) is 0 Å². The number of hydrogen-bond donors (Lipinski definition) is 0. The second kappa shape index (κ2) is 115. The van der Waals surface area contributed by atoms with Crippen LogP contribution in [0.2, 0.25) is 0 Å². The van der Waals surface area contributed by atoms with Gasteiger partial charge in [0.1, 0.15) is 0 Å². The maximum absolute atomic E-state index is 8.25. The van der Waals surface area contributed by atoms with E-state index in [9.17, 15) is 0 Å². The molecule has 0 heterocycles. The summed E-state index contributed by atoms with van der Waals surface area (Å²) >= 11 is 0. The quantitative estimate of drug-likeness (QED) is 0.215. The SMILES string of the molecule is O.O.O.O.O.O.O.O.O.O=[N+]([O-])[O-].O=[N+]([O-])[O-].O=[N+]([O-])[O-].[Yb+3]. The summed E-state index contributed by atoms with van der Waals surface area (Å²) in [6, 6.07) is 0. The maximum atomic E-state index is 8.25. The van der Waals surface area contributed by atoms with Crippen LogP contribution in [0, 0.1) is 92.9 Å². The van der Waals surface area contributed by atoms with Crippen LogP contribution >= 0.6 is 0 Å². The molecule has 22 heteroatoms. The van der Waals surface area contributed by atoms with Gasteiger partial charge in [0, 0.05) is 0 Å². The molecule has 0 saturated heterocycles. The van der Waals surface area contributed by atoms with E-state index in [1.54, 1.807) is 0 Å². The molecule has 155 valence electrons. The third-order valence-corrected chi connectivity index (χ3v) is 0. The van der Waals surface area contributed by atoms with Gasteiger partial charge in [-0.05, 0) is 0 Å². The summed E-state index contributed by atoms with van der Waals surface area (Å²) < 4.78 is 0. The minimum atomic E-state index is -1.75. The van der Waals surface area contributed by atoms with Gasteiger partial charge in [-0.3, -0.25) is 0 Å². The van der Waals surface area contributed by atoms with Crippen LogP contribution in [0.15, 0.2) is 0 Å². The molecule has 22 heavy (non-hydrogen) atoms. The predicted molar refractivity (Wildman–Crippen MR) is 63.6 cm³/mol. The van der Waals surface area contributed by atoms with Gasteiger partial charge in [-0.2, -0.15) is 0 Å². The molecule has 21 nitrogen and oxygen atoms in total. The molecule has 0 aromatic rings. The molecule has 0 aromatic carbocycles. The Morgan fingerprint density at radius 2 is 0.364 bits per heavy atom. The van der Waals surface area contributed by atoms with Crippen molar-refractivity contribution in [3.8, 4) is 0 Å². The molecule has 0 rings (SSSR count). The summed E-state index contributed by atoms with van der Waals surface area (Å²) in [6.07, 6.45) is 0. The van der Waals surface area contributed by atoms with Crippen molar-refractivity contribution < 1.29 is 111 Å². The average Bonchev–Trinajstić information content (AvgIpc) is 1.54. The summed E-state index contributed by atoms with van der Waals surface area (Å²) in [4.78, 5) is 24.8. The Hall–Kier alpha value is -1.24. The largest absolute Gasteiger partial charge is 3.00 e. The smallest absolute Gasteiger partial charge is 0.412 e. The first-order valence-electron chi connectivity index (χ1n) is 1.64. The second-order valence-corrected chi connectivity index (χ2v) is 0.671. The van der Waals surface area contributed by atoms with Gasteiger partial charge in [0.2, 0.25) is 0 Å². The molecular formula is H18N3O18Yb. The fraction of sp³-hybridized carbons (Fsp3) is 0. The van der Waals surface area contributed by atoms with Crippen LogP contribution in [0.3, 0.4) is 0 Å². The Morgan fingerprint density at radius 1 is 0.364 bits per heavy atom. The normalized spacial score (nSPS) is 3.27. The van der Waals surface area contributed by atoms with Gasteiger partial charge in [-0.25, -0.2) is 0 Å². The molecule has 0 aliphatic heterocycles. The third-order valence-electron chi connectivity index (χ3n) is 0. The molecule has 0 unspecified atom stereocenters. The molecule has 0 fully saturated rings. The molecule has 0 spiro atoms. The van der Waals surface area contributed by atoms with Crippen molar-refractivity contribution in [1.29, 1.82) is 0 Å². The minimum absolute atomic E-state index is 0. The summed E-state index contributed by atoms with van der Waals surface area (Å²) in [7, 11) is 0. The van der Waals surface area contributed by atoms with E-state index in [0.29, 0.717) is 0 Å². The monoisotopic (exact) mass is 522 g/mol. The molecule has 0 aromatic heterocycles. The zero-order valence-corrected chi connectivity index (χ0v) is 11.5. The zero-order valence-electron chi connectivity index (χ0n) is 9.78. The summed E-state index contributed by atoms with van der Waals surface area (Å²) in [5, 5.41) is 44.2. The molecule has 0 aliphatic carbocycles. The molecule has 1 radical (unpaired) electrons. The Morgan fingerprint density at radius 3 is 0.364 bits per heavy atom. The van der Waals surface area contributed by atoms with Gasteiger partial charge in [-0.15, -0.1) is 0 Å². The first-order valence-corrected chi connectivity index (χ1v) is 1.64. The molecule has 0 bridgehead atoms. The van der Waals surface area contributed by atoms with E-state index in [-0.39, 0.29) is 96.2 Å².